The first-order chi connectivity index (χ1) is 9.04. The molecule has 3 rings (SSSR count). The van der Waals surface area contributed by atoms with Gasteiger partial charge in [0, 0.05) is 5.22 Å². The molecule has 0 aliphatic rings. The Labute approximate surface area is 114 Å². The van der Waals surface area contributed by atoms with Crippen molar-refractivity contribution in [1.82, 2.24) is 19.8 Å². The van der Waals surface area contributed by atoms with E-state index in [4.69, 9.17) is 11.6 Å². The van der Waals surface area contributed by atoms with Crippen LogP contribution in [-0.4, -0.2) is 24.9 Å². The molecule has 19 heavy (non-hydrogen) atoms. The van der Waals surface area contributed by atoms with Gasteiger partial charge in [-0.25, -0.2) is 4.98 Å². The van der Waals surface area contributed by atoms with E-state index in [0.29, 0.717) is 10.8 Å². The van der Waals surface area contributed by atoms with Crippen LogP contribution in [0.5, 0.6) is 5.75 Å². The monoisotopic (exact) mass is 274 g/mol. The molecule has 2 aromatic heterocycles. The number of nitrogens with zero attached hydrogens (tertiary/aromatic N) is 4. The van der Waals surface area contributed by atoms with Crippen molar-refractivity contribution in [2.45, 2.75) is 13.8 Å². The summed E-state index contributed by atoms with van der Waals surface area (Å²) in [7, 11) is 0. The highest BCUT2D eigenvalue weighted by Gasteiger charge is 2.08. The van der Waals surface area contributed by atoms with Crippen molar-refractivity contribution in [3.63, 3.8) is 0 Å². The number of phenolic OH excluding ortho intramolecular Hbond substituents is 1. The Morgan fingerprint density at radius 1 is 1.26 bits per heavy atom. The Hall–Kier alpha value is -2.14. The van der Waals surface area contributed by atoms with Crippen LogP contribution in [0, 0.1) is 13.8 Å². The Kier molecular flexibility index (Phi) is 2.64. The van der Waals surface area contributed by atoms with E-state index in [1.165, 1.54) is 4.63 Å². The van der Waals surface area contributed by atoms with Crippen molar-refractivity contribution >= 4 is 23.3 Å². The number of aryl methyl sites for hydroxylation is 2. The molecule has 3 aromatic rings. The lowest BCUT2D eigenvalue weighted by atomic mass is 10.1. The van der Waals surface area contributed by atoms with Gasteiger partial charge in [0.2, 0.25) is 0 Å². The Morgan fingerprint density at radius 3 is 2.79 bits per heavy atom. The third-order valence-corrected chi connectivity index (χ3v) is 3.16. The van der Waals surface area contributed by atoms with Crippen LogP contribution >= 0.6 is 11.6 Å². The molecule has 0 bridgehead atoms. The summed E-state index contributed by atoms with van der Waals surface area (Å²) in [6, 6.07) is 5.04. The SMILES string of the molecule is Cc1nc2c(=Cc3ccc(O)c(Cl)c3)c(C)nn2n1. The predicted octanol–water partition coefficient (Wildman–Crippen LogP) is 1.65. The summed E-state index contributed by atoms with van der Waals surface area (Å²) in [5.74, 6) is 0.750. The van der Waals surface area contributed by atoms with Crippen molar-refractivity contribution < 1.29 is 5.11 Å². The first-order valence-corrected chi connectivity index (χ1v) is 6.12. The molecule has 1 N–H and O–H groups in total. The quantitative estimate of drug-likeness (QED) is 0.733. The highest BCUT2D eigenvalue weighted by Crippen LogP contribution is 2.23. The zero-order valence-corrected chi connectivity index (χ0v) is 11.2. The van der Waals surface area contributed by atoms with E-state index in [-0.39, 0.29) is 5.75 Å². The minimum Gasteiger partial charge on any atom is -0.506 e. The van der Waals surface area contributed by atoms with E-state index in [1.54, 1.807) is 18.2 Å². The second kappa shape index (κ2) is 4.20. The van der Waals surface area contributed by atoms with Gasteiger partial charge in [-0.2, -0.15) is 5.10 Å². The zero-order chi connectivity index (χ0) is 13.6. The standard InChI is InChI=1S/C13H11ClN4O/c1-7-10(13-15-8(2)17-18(13)16-7)5-9-3-4-12(19)11(14)6-9/h3-6,19H,1-2H3. The second-order valence-electron chi connectivity index (χ2n) is 4.33. The zero-order valence-electron chi connectivity index (χ0n) is 10.4. The van der Waals surface area contributed by atoms with Crippen LogP contribution in [0.4, 0.5) is 0 Å². The number of hydrogen-bond donors (Lipinski definition) is 1. The number of benzene rings is 1. The van der Waals surface area contributed by atoms with Crippen LogP contribution in [0.1, 0.15) is 17.1 Å². The van der Waals surface area contributed by atoms with Crippen LogP contribution in [-0.2, 0) is 0 Å². The minimum atomic E-state index is 0.0691. The largest absolute Gasteiger partial charge is 0.506 e. The molecule has 0 radical (unpaired) electrons. The van der Waals surface area contributed by atoms with Crippen LogP contribution in [0.3, 0.4) is 0 Å². The summed E-state index contributed by atoms with van der Waals surface area (Å²) in [4.78, 5) is 4.35. The number of phenols is 1. The molecule has 2 heterocycles. The van der Waals surface area contributed by atoms with Crippen molar-refractivity contribution in [3.05, 3.63) is 45.5 Å². The van der Waals surface area contributed by atoms with Gasteiger partial charge in [-0.3, -0.25) is 0 Å². The maximum atomic E-state index is 9.41. The molecule has 0 aliphatic carbocycles. The molecule has 5 nitrogen and oxygen atoms in total. The van der Waals surface area contributed by atoms with Gasteiger partial charge >= 0.3 is 0 Å². The molecule has 0 atom stereocenters. The minimum absolute atomic E-state index is 0.0691. The fourth-order valence-corrected chi connectivity index (χ4v) is 2.14. The number of aromatic hydroxyl groups is 1. The first-order valence-electron chi connectivity index (χ1n) is 5.75. The van der Waals surface area contributed by atoms with Crippen molar-refractivity contribution in [1.29, 1.82) is 0 Å². The Morgan fingerprint density at radius 2 is 2.05 bits per heavy atom. The summed E-state index contributed by atoms with van der Waals surface area (Å²) in [6.07, 6.45) is 1.93. The third kappa shape index (κ3) is 2.02. The van der Waals surface area contributed by atoms with Gasteiger partial charge in [-0.1, -0.05) is 17.7 Å². The topological polar surface area (TPSA) is 63.3 Å². The summed E-state index contributed by atoms with van der Waals surface area (Å²) in [6.45, 7) is 3.73. The lowest BCUT2D eigenvalue weighted by Crippen LogP contribution is -2.03. The molecule has 1 aromatic carbocycles. The smallest absolute Gasteiger partial charge is 0.185 e. The lowest BCUT2D eigenvalue weighted by molar-refractivity contribution is 0.475. The number of fused-ring (bicyclic) bond motifs is 1. The van der Waals surface area contributed by atoms with Gasteiger partial charge in [0.1, 0.15) is 11.6 Å². The number of halogens is 1. The summed E-state index contributed by atoms with van der Waals surface area (Å²) < 4.78 is 1.53. The van der Waals surface area contributed by atoms with E-state index < -0.39 is 0 Å². The molecule has 0 fully saturated rings. The number of hydrogen-bond acceptors (Lipinski definition) is 4. The van der Waals surface area contributed by atoms with E-state index in [2.05, 4.69) is 15.2 Å². The molecule has 0 amide bonds. The fourth-order valence-electron chi connectivity index (χ4n) is 1.95. The number of aromatic nitrogens is 4. The Bertz CT molecular complexity index is 825. The highest BCUT2D eigenvalue weighted by atomic mass is 35.5. The van der Waals surface area contributed by atoms with E-state index in [9.17, 15) is 5.11 Å². The average molecular weight is 275 g/mol. The molecule has 0 unspecified atom stereocenters. The molecule has 0 aliphatic heterocycles. The van der Waals surface area contributed by atoms with Crippen molar-refractivity contribution in [2.75, 3.05) is 0 Å². The lowest BCUT2D eigenvalue weighted by Gasteiger charge is -1.97. The first kappa shape index (κ1) is 11.9. The Balaban J connectivity index is 2.24. The van der Waals surface area contributed by atoms with Gasteiger partial charge < -0.3 is 5.11 Å². The maximum Gasteiger partial charge on any atom is 0.185 e. The molecule has 0 saturated heterocycles. The molecule has 0 saturated carbocycles. The molecular weight excluding hydrogens is 264 g/mol. The van der Waals surface area contributed by atoms with E-state index >= 15 is 0 Å². The van der Waals surface area contributed by atoms with Crippen LogP contribution in [0.2, 0.25) is 5.02 Å². The van der Waals surface area contributed by atoms with Gasteiger partial charge in [-0.15, -0.1) is 9.73 Å². The van der Waals surface area contributed by atoms with Crippen molar-refractivity contribution in [3.8, 4) is 5.75 Å². The number of rotatable bonds is 1. The van der Waals surface area contributed by atoms with Gasteiger partial charge in [0.05, 0.1) is 10.7 Å². The molecular formula is C13H11ClN4O. The third-order valence-electron chi connectivity index (χ3n) is 2.85. The van der Waals surface area contributed by atoms with Gasteiger partial charge in [0.25, 0.3) is 0 Å². The van der Waals surface area contributed by atoms with Crippen molar-refractivity contribution in [2.24, 2.45) is 0 Å². The predicted molar refractivity (Wildman–Crippen MR) is 72.2 cm³/mol. The summed E-state index contributed by atoms with van der Waals surface area (Å²) in [5.41, 5.74) is 2.44. The highest BCUT2D eigenvalue weighted by molar-refractivity contribution is 6.32. The molecule has 96 valence electrons. The van der Waals surface area contributed by atoms with E-state index in [0.717, 1.165) is 22.1 Å². The molecule has 0 spiro atoms. The normalized spacial score (nSPS) is 12.5. The van der Waals surface area contributed by atoms with Crippen LogP contribution in [0.15, 0.2) is 18.2 Å². The van der Waals surface area contributed by atoms with E-state index in [1.807, 2.05) is 19.9 Å². The van der Waals surface area contributed by atoms with Crippen LogP contribution < -0.4 is 5.22 Å². The van der Waals surface area contributed by atoms with Crippen LogP contribution in [0.25, 0.3) is 11.7 Å². The summed E-state index contributed by atoms with van der Waals surface area (Å²) >= 11 is 5.90. The average Bonchev–Trinajstić information content (AvgIpc) is 2.82. The maximum absolute atomic E-state index is 9.41. The second-order valence-corrected chi connectivity index (χ2v) is 4.73. The fraction of sp³-hybridized carbons (Fsp3) is 0.154. The summed E-state index contributed by atoms with van der Waals surface area (Å²) in [5, 5.41) is 19.1. The van der Waals surface area contributed by atoms with Gasteiger partial charge in [-0.05, 0) is 37.6 Å². The van der Waals surface area contributed by atoms with Gasteiger partial charge in [0.15, 0.2) is 5.65 Å². The molecule has 6 heteroatoms.